The third kappa shape index (κ3) is 6.34. The molecule has 0 spiro atoms. The second-order valence-corrected chi connectivity index (χ2v) is 7.38. The van der Waals surface area contributed by atoms with Crippen molar-refractivity contribution in [3.8, 4) is 0 Å². The molecule has 0 aromatic heterocycles. The van der Waals surface area contributed by atoms with Crippen molar-refractivity contribution in [3.63, 3.8) is 0 Å². The topological polar surface area (TPSA) is 49.4 Å². The highest BCUT2D eigenvalue weighted by Crippen LogP contribution is 2.15. The van der Waals surface area contributed by atoms with Crippen molar-refractivity contribution in [3.05, 3.63) is 70.5 Å². The molecule has 0 bridgehead atoms. The average molecular weight is 405 g/mol. The van der Waals surface area contributed by atoms with Crippen LogP contribution in [0.3, 0.4) is 0 Å². The van der Waals surface area contributed by atoms with Gasteiger partial charge >= 0.3 is 0 Å². The molecule has 2 amide bonds. The van der Waals surface area contributed by atoms with Crippen LogP contribution < -0.4 is 5.32 Å². The van der Waals surface area contributed by atoms with E-state index >= 15 is 0 Å². The number of halogens is 2. The van der Waals surface area contributed by atoms with Crippen molar-refractivity contribution < 1.29 is 14.0 Å². The molecule has 0 saturated heterocycles. The maximum Gasteiger partial charge on any atom is 0.242 e. The number of benzene rings is 2. The summed E-state index contributed by atoms with van der Waals surface area (Å²) in [6.07, 6.45) is 0.953. The Bertz CT molecular complexity index is 793. The van der Waals surface area contributed by atoms with Gasteiger partial charge in [-0.05, 0) is 55.7 Å². The van der Waals surface area contributed by atoms with Crippen LogP contribution >= 0.6 is 11.6 Å². The molecule has 150 valence electrons. The molecule has 1 N–H and O–H groups in total. The fourth-order valence-electron chi connectivity index (χ4n) is 2.71. The number of amides is 2. The molecule has 28 heavy (non-hydrogen) atoms. The lowest BCUT2D eigenvalue weighted by atomic mass is 10.1. The van der Waals surface area contributed by atoms with E-state index in [1.807, 2.05) is 13.8 Å². The Balaban J connectivity index is 2.20. The summed E-state index contributed by atoms with van der Waals surface area (Å²) < 4.78 is 13.2. The third-order valence-corrected chi connectivity index (χ3v) is 4.96. The average Bonchev–Trinajstić information content (AvgIpc) is 2.68. The molecule has 0 aliphatic rings. The van der Waals surface area contributed by atoms with Gasteiger partial charge in [-0.2, -0.15) is 0 Å². The van der Waals surface area contributed by atoms with E-state index in [1.165, 1.54) is 17.0 Å². The van der Waals surface area contributed by atoms with Gasteiger partial charge in [0.05, 0.1) is 6.42 Å². The highest BCUT2D eigenvalue weighted by molar-refractivity contribution is 6.30. The molecule has 0 fully saturated rings. The SMILES string of the molecule is CC[C@H](C)NC(=O)[C@@H](C)N(Cc1ccc(F)cc1)C(=O)Cc1ccc(Cl)cc1. The van der Waals surface area contributed by atoms with E-state index in [9.17, 15) is 14.0 Å². The predicted octanol–water partition coefficient (Wildman–Crippen LogP) is 4.35. The second kappa shape index (κ2) is 10.2. The van der Waals surface area contributed by atoms with Crippen LogP contribution in [0.5, 0.6) is 0 Å². The van der Waals surface area contributed by atoms with Gasteiger partial charge in [-0.15, -0.1) is 0 Å². The first-order valence-electron chi connectivity index (χ1n) is 9.39. The Morgan fingerprint density at radius 2 is 1.61 bits per heavy atom. The van der Waals surface area contributed by atoms with Gasteiger partial charge in [-0.3, -0.25) is 9.59 Å². The molecule has 0 aliphatic carbocycles. The van der Waals surface area contributed by atoms with Crippen LogP contribution in [-0.4, -0.2) is 28.8 Å². The monoisotopic (exact) mass is 404 g/mol. The summed E-state index contributed by atoms with van der Waals surface area (Å²) in [5, 5.41) is 3.52. The first-order valence-corrected chi connectivity index (χ1v) is 9.76. The van der Waals surface area contributed by atoms with Gasteiger partial charge in [-0.1, -0.05) is 42.8 Å². The zero-order valence-corrected chi connectivity index (χ0v) is 17.2. The maximum atomic E-state index is 13.2. The van der Waals surface area contributed by atoms with E-state index in [4.69, 9.17) is 11.6 Å². The molecule has 2 atom stereocenters. The number of carbonyl (C=O) groups is 2. The summed E-state index contributed by atoms with van der Waals surface area (Å²) in [5.41, 5.74) is 1.57. The van der Waals surface area contributed by atoms with E-state index in [0.29, 0.717) is 5.02 Å². The molecule has 0 saturated carbocycles. The maximum absolute atomic E-state index is 13.2. The summed E-state index contributed by atoms with van der Waals surface area (Å²) in [4.78, 5) is 27.2. The van der Waals surface area contributed by atoms with Crippen molar-refractivity contribution >= 4 is 23.4 Å². The lowest BCUT2D eigenvalue weighted by Gasteiger charge is -2.30. The second-order valence-electron chi connectivity index (χ2n) is 6.95. The molecule has 2 rings (SSSR count). The summed E-state index contributed by atoms with van der Waals surface area (Å²) in [6, 6.07) is 12.4. The lowest BCUT2D eigenvalue weighted by Crippen LogP contribution is -2.49. The lowest BCUT2D eigenvalue weighted by molar-refractivity contribution is -0.140. The summed E-state index contributed by atoms with van der Waals surface area (Å²) in [6.45, 7) is 5.84. The minimum atomic E-state index is -0.654. The Morgan fingerprint density at radius 1 is 1.04 bits per heavy atom. The first kappa shape index (κ1) is 21.9. The zero-order chi connectivity index (χ0) is 20.7. The van der Waals surface area contributed by atoms with Gasteiger partial charge in [0.2, 0.25) is 11.8 Å². The van der Waals surface area contributed by atoms with Crippen LogP contribution in [0.4, 0.5) is 4.39 Å². The number of nitrogens with zero attached hydrogens (tertiary/aromatic N) is 1. The summed E-state index contributed by atoms with van der Waals surface area (Å²) >= 11 is 5.91. The van der Waals surface area contributed by atoms with Gasteiger partial charge in [0, 0.05) is 17.6 Å². The normalized spacial score (nSPS) is 12.9. The molecule has 6 heteroatoms. The molecule has 4 nitrogen and oxygen atoms in total. The van der Waals surface area contributed by atoms with Crippen LogP contribution in [0.25, 0.3) is 0 Å². The van der Waals surface area contributed by atoms with Crippen molar-refractivity contribution in [1.29, 1.82) is 0 Å². The number of carbonyl (C=O) groups excluding carboxylic acids is 2. The van der Waals surface area contributed by atoms with E-state index in [2.05, 4.69) is 5.32 Å². The van der Waals surface area contributed by atoms with Crippen molar-refractivity contribution in [2.75, 3.05) is 0 Å². The van der Waals surface area contributed by atoms with Crippen molar-refractivity contribution in [2.45, 2.75) is 52.2 Å². The van der Waals surface area contributed by atoms with Gasteiger partial charge in [0.25, 0.3) is 0 Å². The molecule has 0 unspecified atom stereocenters. The summed E-state index contributed by atoms with van der Waals surface area (Å²) in [7, 11) is 0. The molecule has 2 aromatic rings. The van der Waals surface area contributed by atoms with Crippen LogP contribution in [0.15, 0.2) is 48.5 Å². The minimum Gasteiger partial charge on any atom is -0.352 e. The van der Waals surface area contributed by atoms with Gasteiger partial charge in [0.15, 0.2) is 0 Å². The smallest absolute Gasteiger partial charge is 0.242 e. The highest BCUT2D eigenvalue weighted by Gasteiger charge is 2.26. The van der Waals surface area contributed by atoms with Gasteiger partial charge in [0.1, 0.15) is 11.9 Å². The number of nitrogens with one attached hydrogen (secondary N) is 1. The fraction of sp³-hybridized carbons (Fsp3) is 0.364. The van der Waals surface area contributed by atoms with Crippen molar-refractivity contribution in [2.24, 2.45) is 0 Å². The Hall–Kier alpha value is -2.40. The standard InChI is InChI=1S/C22H26ClFN2O2/c1-4-15(2)25-22(28)16(3)26(14-18-7-11-20(24)12-8-18)21(27)13-17-5-9-19(23)10-6-17/h5-12,15-16H,4,13-14H2,1-3H3,(H,25,28)/t15-,16+/m0/s1. The van der Waals surface area contributed by atoms with E-state index in [-0.39, 0.29) is 36.6 Å². The minimum absolute atomic E-state index is 0.0222. The van der Waals surface area contributed by atoms with Crippen LogP contribution in [-0.2, 0) is 22.6 Å². The summed E-state index contributed by atoms with van der Waals surface area (Å²) in [5.74, 6) is -0.732. The van der Waals surface area contributed by atoms with Crippen LogP contribution in [0, 0.1) is 5.82 Å². The number of hydrogen-bond acceptors (Lipinski definition) is 2. The highest BCUT2D eigenvalue weighted by atomic mass is 35.5. The van der Waals surface area contributed by atoms with E-state index in [0.717, 1.165) is 17.5 Å². The predicted molar refractivity (Wildman–Crippen MR) is 109 cm³/mol. The quantitative estimate of drug-likeness (QED) is 0.710. The Labute approximate surface area is 170 Å². The Kier molecular flexibility index (Phi) is 8.00. The van der Waals surface area contributed by atoms with Crippen LogP contribution in [0.1, 0.15) is 38.3 Å². The van der Waals surface area contributed by atoms with E-state index < -0.39 is 6.04 Å². The molecule has 0 aliphatic heterocycles. The first-order chi connectivity index (χ1) is 13.3. The Morgan fingerprint density at radius 3 is 2.18 bits per heavy atom. The fourth-order valence-corrected chi connectivity index (χ4v) is 2.84. The molecule has 0 heterocycles. The van der Waals surface area contributed by atoms with E-state index in [1.54, 1.807) is 43.3 Å². The number of rotatable bonds is 8. The molecule has 2 aromatic carbocycles. The molecule has 0 radical (unpaired) electrons. The van der Waals surface area contributed by atoms with Gasteiger partial charge in [-0.25, -0.2) is 4.39 Å². The number of hydrogen-bond donors (Lipinski definition) is 1. The molecular formula is C22H26ClFN2O2. The van der Waals surface area contributed by atoms with Crippen molar-refractivity contribution in [1.82, 2.24) is 10.2 Å². The van der Waals surface area contributed by atoms with Crippen LogP contribution in [0.2, 0.25) is 5.02 Å². The molecular weight excluding hydrogens is 379 g/mol. The zero-order valence-electron chi connectivity index (χ0n) is 16.4. The third-order valence-electron chi connectivity index (χ3n) is 4.70. The largest absolute Gasteiger partial charge is 0.352 e. The van der Waals surface area contributed by atoms with Gasteiger partial charge < -0.3 is 10.2 Å².